The molecule has 0 aliphatic carbocycles. The van der Waals surface area contributed by atoms with Crippen LogP contribution >= 0.6 is 0 Å². The normalized spacial score (nSPS) is 11.7. The van der Waals surface area contributed by atoms with Crippen molar-refractivity contribution in [1.82, 2.24) is 0 Å². The molecule has 0 atom stereocenters. The summed E-state index contributed by atoms with van der Waals surface area (Å²) in [4.78, 5) is 0. The van der Waals surface area contributed by atoms with Crippen LogP contribution in [0.1, 0.15) is 11.1 Å². The first-order valence-electron chi connectivity index (χ1n) is 8.96. The lowest BCUT2D eigenvalue weighted by atomic mass is 9.92. The molecule has 26 heavy (non-hydrogen) atoms. The van der Waals surface area contributed by atoms with Crippen LogP contribution in [0.25, 0.3) is 44.5 Å². The van der Waals surface area contributed by atoms with Crippen molar-refractivity contribution >= 4 is 44.5 Å². The average molecular weight is 330 g/mol. The number of rotatable bonds is 2. The van der Waals surface area contributed by atoms with Gasteiger partial charge in [0.15, 0.2) is 0 Å². The van der Waals surface area contributed by atoms with Crippen LogP contribution in [0.3, 0.4) is 0 Å². The molecule has 0 saturated heterocycles. The van der Waals surface area contributed by atoms with Crippen LogP contribution in [0.2, 0.25) is 0 Å². The summed E-state index contributed by atoms with van der Waals surface area (Å²) in [6, 6.07) is 34.6. The second kappa shape index (κ2) is 6.16. The fraction of sp³-hybridized carbons (Fsp3) is 0. The zero-order valence-corrected chi connectivity index (χ0v) is 14.4. The summed E-state index contributed by atoms with van der Waals surface area (Å²) in [5.74, 6) is 0. The van der Waals surface area contributed by atoms with Crippen LogP contribution in [0.4, 0.5) is 0 Å². The number of benzene rings is 5. The maximum Gasteiger partial charge on any atom is -0.00208 e. The molecule has 0 saturated carbocycles. The lowest BCUT2D eigenvalue weighted by molar-refractivity contribution is 1.66. The minimum Gasteiger partial charge on any atom is -0.0622 e. The zero-order chi connectivity index (χ0) is 17.3. The minimum atomic E-state index is 1.22. The lowest BCUT2D eigenvalue weighted by Crippen LogP contribution is -1.85. The highest BCUT2D eigenvalue weighted by molar-refractivity contribution is 6.22. The van der Waals surface area contributed by atoms with E-state index in [2.05, 4.69) is 109 Å². The molecule has 0 N–H and O–H groups in total. The summed E-state index contributed by atoms with van der Waals surface area (Å²) in [5, 5.41) is 7.84. The molecule has 0 fully saturated rings. The van der Waals surface area contributed by atoms with Gasteiger partial charge in [-0.25, -0.2) is 0 Å². The Morgan fingerprint density at radius 2 is 1.12 bits per heavy atom. The van der Waals surface area contributed by atoms with E-state index in [4.69, 9.17) is 0 Å². The first kappa shape index (κ1) is 14.9. The summed E-state index contributed by atoms with van der Waals surface area (Å²) >= 11 is 0. The fourth-order valence-corrected chi connectivity index (χ4v) is 3.79. The van der Waals surface area contributed by atoms with Crippen LogP contribution in [0.5, 0.6) is 0 Å². The van der Waals surface area contributed by atoms with Crippen LogP contribution in [0.15, 0.2) is 97.1 Å². The van der Waals surface area contributed by atoms with Gasteiger partial charge in [-0.15, -0.1) is 0 Å². The fourth-order valence-electron chi connectivity index (χ4n) is 3.79. The van der Waals surface area contributed by atoms with Gasteiger partial charge in [0.2, 0.25) is 0 Å². The lowest BCUT2D eigenvalue weighted by Gasteiger charge is -2.11. The van der Waals surface area contributed by atoms with Crippen molar-refractivity contribution in [3.8, 4) is 0 Å². The Balaban J connectivity index is 1.86. The maximum absolute atomic E-state index is 2.30. The largest absolute Gasteiger partial charge is 0.0622 e. The van der Waals surface area contributed by atoms with Crippen LogP contribution < -0.4 is 0 Å². The Bertz CT molecular complexity index is 1250. The first-order chi connectivity index (χ1) is 12.9. The van der Waals surface area contributed by atoms with E-state index < -0.39 is 0 Å². The molecule has 0 bridgehead atoms. The standard InChI is InChI=1S/C26H18/c1-2-8-19(9-3-1)14-15-22-18-21-11-5-7-13-24(21)26-23-12-6-4-10-20(23)16-17-25(22)26/h1-18H/b15-14+. The molecule has 122 valence electrons. The van der Waals surface area contributed by atoms with Crippen molar-refractivity contribution in [2.24, 2.45) is 0 Å². The molecular weight excluding hydrogens is 312 g/mol. The Hall–Kier alpha value is -3.38. The SMILES string of the molecule is C(=C\c1cc2ccccc2c2c1ccc1ccccc12)/c1ccccc1. The van der Waals surface area contributed by atoms with E-state index >= 15 is 0 Å². The number of hydrogen-bond acceptors (Lipinski definition) is 0. The van der Waals surface area contributed by atoms with Gasteiger partial charge in [-0.3, -0.25) is 0 Å². The average Bonchev–Trinajstić information content (AvgIpc) is 2.72. The van der Waals surface area contributed by atoms with Gasteiger partial charge >= 0.3 is 0 Å². The molecule has 0 spiro atoms. The number of fused-ring (bicyclic) bond motifs is 5. The molecule has 0 aromatic heterocycles. The van der Waals surface area contributed by atoms with Gasteiger partial charge in [-0.2, -0.15) is 0 Å². The molecule has 0 unspecified atom stereocenters. The third-order valence-electron chi connectivity index (χ3n) is 5.04. The summed E-state index contributed by atoms with van der Waals surface area (Å²) in [7, 11) is 0. The van der Waals surface area contributed by atoms with Crippen molar-refractivity contribution in [1.29, 1.82) is 0 Å². The van der Waals surface area contributed by atoms with E-state index in [-0.39, 0.29) is 0 Å². The second-order valence-corrected chi connectivity index (χ2v) is 6.64. The van der Waals surface area contributed by atoms with Crippen LogP contribution in [-0.2, 0) is 0 Å². The molecule has 5 aromatic carbocycles. The Morgan fingerprint density at radius 1 is 0.462 bits per heavy atom. The number of hydrogen-bond donors (Lipinski definition) is 0. The van der Waals surface area contributed by atoms with Crippen molar-refractivity contribution in [3.63, 3.8) is 0 Å². The van der Waals surface area contributed by atoms with Crippen LogP contribution in [-0.4, -0.2) is 0 Å². The van der Waals surface area contributed by atoms with Gasteiger partial charge in [0, 0.05) is 0 Å². The van der Waals surface area contributed by atoms with Gasteiger partial charge < -0.3 is 0 Å². The van der Waals surface area contributed by atoms with Gasteiger partial charge in [-0.1, -0.05) is 103 Å². The summed E-state index contributed by atoms with van der Waals surface area (Å²) in [5.41, 5.74) is 2.47. The molecule has 0 nitrogen and oxygen atoms in total. The molecule has 0 amide bonds. The van der Waals surface area contributed by atoms with Gasteiger partial charge in [0.05, 0.1) is 0 Å². The Morgan fingerprint density at radius 3 is 1.92 bits per heavy atom. The van der Waals surface area contributed by atoms with E-state index in [9.17, 15) is 0 Å². The quantitative estimate of drug-likeness (QED) is 0.235. The van der Waals surface area contributed by atoms with Crippen molar-refractivity contribution in [2.45, 2.75) is 0 Å². The second-order valence-electron chi connectivity index (χ2n) is 6.64. The molecule has 0 radical (unpaired) electrons. The molecule has 0 aliphatic rings. The highest BCUT2D eigenvalue weighted by atomic mass is 14.1. The van der Waals surface area contributed by atoms with E-state index in [1.807, 2.05) is 0 Å². The smallest absolute Gasteiger partial charge is 0.00208 e. The molecule has 5 aromatic rings. The molecule has 5 rings (SSSR count). The topological polar surface area (TPSA) is 0 Å². The van der Waals surface area contributed by atoms with Crippen molar-refractivity contribution < 1.29 is 0 Å². The molecule has 0 heterocycles. The Kier molecular flexibility index (Phi) is 3.54. The van der Waals surface area contributed by atoms with Gasteiger partial charge in [0.25, 0.3) is 0 Å². The zero-order valence-electron chi connectivity index (χ0n) is 14.4. The third kappa shape index (κ3) is 2.48. The van der Waals surface area contributed by atoms with Gasteiger partial charge in [-0.05, 0) is 49.5 Å². The third-order valence-corrected chi connectivity index (χ3v) is 5.04. The van der Waals surface area contributed by atoms with E-state index in [1.165, 1.54) is 43.4 Å². The first-order valence-corrected chi connectivity index (χ1v) is 8.96. The predicted octanol–water partition coefficient (Wildman–Crippen LogP) is 7.32. The van der Waals surface area contributed by atoms with E-state index in [0.717, 1.165) is 0 Å². The van der Waals surface area contributed by atoms with Crippen molar-refractivity contribution in [3.05, 3.63) is 108 Å². The molecule has 0 heteroatoms. The Labute approximate surface area is 153 Å². The highest BCUT2D eigenvalue weighted by Crippen LogP contribution is 2.35. The summed E-state index contributed by atoms with van der Waals surface area (Å²) in [6.07, 6.45) is 4.43. The maximum atomic E-state index is 2.30. The van der Waals surface area contributed by atoms with Gasteiger partial charge in [0.1, 0.15) is 0 Å². The van der Waals surface area contributed by atoms with E-state index in [1.54, 1.807) is 0 Å². The molecule has 0 aliphatic heterocycles. The predicted molar refractivity (Wildman–Crippen MR) is 114 cm³/mol. The monoisotopic (exact) mass is 330 g/mol. The van der Waals surface area contributed by atoms with Crippen molar-refractivity contribution in [2.75, 3.05) is 0 Å². The van der Waals surface area contributed by atoms with E-state index in [0.29, 0.717) is 0 Å². The summed E-state index contributed by atoms with van der Waals surface area (Å²) in [6.45, 7) is 0. The highest BCUT2D eigenvalue weighted by Gasteiger charge is 2.08. The molecular formula is C26H18. The summed E-state index contributed by atoms with van der Waals surface area (Å²) < 4.78 is 0. The van der Waals surface area contributed by atoms with Crippen LogP contribution in [0, 0.1) is 0 Å². The minimum absolute atomic E-state index is 1.22.